The second-order valence-corrected chi connectivity index (χ2v) is 9.14. The van der Waals surface area contributed by atoms with E-state index >= 15 is 0 Å². The maximum atomic E-state index is 11.3. The number of hydrogen-bond acceptors (Lipinski definition) is 5. The first-order valence-electron chi connectivity index (χ1n) is 7.57. The van der Waals surface area contributed by atoms with Crippen LogP contribution in [-0.2, 0) is 25.7 Å². The van der Waals surface area contributed by atoms with E-state index in [0.29, 0.717) is 18.5 Å². The molecule has 0 aromatic heterocycles. The van der Waals surface area contributed by atoms with Crippen molar-refractivity contribution in [1.82, 2.24) is 0 Å². The van der Waals surface area contributed by atoms with Crippen LogP contribution in [0.3, 0.4) is 0 Å². The van der Waals surface area contributed by atoms with Crippen LogP contribution in [0.15, 0.2) is 23.1 Å². The molecule has 0 aliphatic carbocycles. The van der Waals surface area contributed by atoms with Gasteiger partial charge in [0.05, 0.1) is 16.1 Å². The molecule has 135 valence electrons. The molecule has 1 aliphatic rings. The Morgan fingerprint density at radius 3 is 2.32 bits per heavy atom. The number of hydrogen-bond donors (Lipinski definition) is 1. The molecule has 2 rings (SSSR count). The predicted molar refractivity (Wildman–Crippen MR) is 94.3 cm³/mol. The zero-order chi connectivity index (χ0) is 18.3. The molecule has 0 spiro atoms. The van der Waals surface area contributed by atoms with Crippen molar-refractivity contribution in [3.63, 3.8) is 0 Å². The van der Waals surface area contributed by atoms with Crippen molar-refractivity contribution in [1.29, 1.82) is 0 Å². The molecule has 1 aromatic carbocycles. The van der Waals surface area contributed by atoms with E-state index in [0.717, 1.165) is 11.4 Å². The van der Waals surface area contributed by atoms with Gasteiger partial charge in [0.25, 0.3) is 10.1 Å². The molecule has 1 heterocycles. The summed E-state index contributed by atoms with van der Waals surface area (Å²) in [6.07, 6.45) is 0.627. The van der Waals surface area contributed by atoms with E-state index in [4.69, 9.17) is 4.55 Å². The zero-order valence-electron chi connectivity index (χ0n) is 14.8. The molecule has 0 bridgehead atoms. The molecule has 10 heteroatoms. The van der Waals surface area contributed by atoms with Crippen molar-refractivity contribution in [2.24, 2.45) is 0 Å². The number of nitrogens with zero attached hydrogens (tertiary/aromatic N) is 1. The van der Waals surface area contributed by atoms with E-state index in [1.54, 1.807) is 6.07 Å². The second kappa shape index (κ2) is 7.75. The van der Waals surface area contributed by atoms with Crippen molar-refractivity contribution < 1.29 is 30.5 Å². The smallest absolute Gasteiger partial charge is 0.264 e. The van der Waals surface area contributed by atoms with E-state index < -0.39 is 25.7 Å². The minimum atomic E-state index is -4.57. The number of benzene rings is 1. The van der Waals surface area contributed by atoms with Crippen molar-refractivity contribution >= 4 is 61.2 Å². The van der Waals surface area contributed by atoms with Crippen LogP contribution in [0.4, 0.5) is 5.69 Å². The van der Waals surface area contributed by atoms with E-state index in [1.165, 1.54) is 12.1 Å². The van der Waals surface area contributed by atoms with Gasteiger partial charge in [-0.3, -0.25) is 4.55 Å². The number of fused-ring (bicyclic) bond motifs is 1. The standard InChI is InChI=1S/C15H21NO6S2.Na/c1-4-16-11(2)15(3,8-5-9-23(17,18)19)13-10-12(24(20,21)22)6-7-14(13)16;/h6-7,10H,4-5,8-9H2,1-3H3,(H-,17,18,19,20,21,22);. The van der Waals surface area contributed by atoms with Gasteiger partial charge in [-0.25, -0.2) is 8.42 Å². The Morgan fingerprint density at radius 2 is 1.84 bits per heavy atom. The van der Waals surface area contributed by atoms with E-state index in [2.05, 4.69) is 0 Å². The van der Waals surface area contributed by atoms with Crippen molar-refractivity contribution in [2.75, 3.05) is 12.3 Å². The van der Waals surface area contributed by atoms with Gasteiger partial charge in [0.2, 0.25) is 5.69 Å². The molecule has 7 nitrogen and oxygen atoms in total. The third kappa shape index (κ3) is 4.71. The Kier molecular flexibility index (Phi) is 7.06. The molecule has 0 saturated heterocycles. The monoisotopic (exact) mass is 398 g/mol. The third-order valence-corrected chi connectivity index (χ3v) is 6.38. The van der Waals surface area contributed by atoms with Crippen LogP contribution in [0, 0.1) is 0 Å². The molecule has 0 fully saturated rings. The van der Waals surface area contributed by atoms with Crippen molar-refractivity contribution in [3.8, 4) is 0 Å². The molecular formula is C15H21NNaO6S2. The third-order valence-electron chi connectivity index (χ3n) is 4.74. The maximum absolute atomic E-state index is 11.3. The van der Waals surface area contributed by atoms with Gasteiger partial charge in [0, 0.05) is 48.1 Å². The molecule has 1 aromatic rings. The first-order valence-corrected chi connectivity index (χ1v) is 10.6. The van der Waals surface area contributed by atoms with Crippen LogP contribution < -0.4 is 0 Å². The SMILES string of the molecule is CC[N+]1=C(C)C(C)(CCCS(=O)(=O)O)c2cc(S(=O)(=O)[O-])ccc21.[Na]. The molecule has 1 radical (unpaired) electrons. The Hall–Kier alpha value is -0.290. The van der Waals surface area contributed by atoms with Crippen LogP contribution in [-0.4, -0.2) is 78.1 Å². The molecule has 1 aliphatic heterocycles. The maximum Gasteiger partial charge on any atom is 0.264 e. The average Bonchev–Trinajstić information content (AvgIpc) is 2.65. The first-order chi connectivity index (χ1) is 10.9. The molecule has 0 amide bonds. The summed E-state index contributed by atoms with van der Waals surface area (Å²) in [7, 11) is -8.63. The quantitative estimate of drug-likeness (QED) is 0.438. The summed E-state index contributed by atoms with van der Waals surface area (Å²) < 4.78 is 66.9. The van der Waals surface area contributed by atoms with Gasteiger partial charge >= 0.3 is 0 Å². The Morgan fingerprint density at radius 1 is 1.24 bits per heavy atom. The normalized spacial score (nSPS) is 20.4. The summed E-state index contributed by atoms with van der Waals surface area (Å²) in [5.74, 6) is -0.364. The summed E-state index contributed by atoms with van der Waals surface area (Å²) in [6.45, 7) is 6.41. The van der Waals surface area contributed by atoms with E-state index in [9.17, 15) is 21.4 Å². The van der Waals surface area contributed by atoms with Crippen LogP contribution in [0.2, 0.25) is 0 Å². The fraction of sp³-hybridized carbons (Fsp3) is 0.533. The summed E-state index contributed by atoms with van der Waals surface area (Å²) >= 11 is 0. The van der Waals surface area contributed by atoms with Crippen LogP contribution >= 0.6 is 0 Å². The Bertz CT molecular complexity index is 908. The number of rotatable bonds is 6. The van der Waals surface area contributed by atoms with Crippen LogP contribution in [0.1, 0.15) is 39.2 Å². The first kappa shape index (κ1) is 22.8. The predicted octanol–water partition coefficient (Wildman–Crippen LogP) is 1.27. The molecule has 1 N–H and O–H groups in total. The van der Waals surface area contributed by atoms with Gasteiger partial charge in [-0.05, 0) is 38.8 Å². The van der Waals surface area contributed by atoms with Gasteiger partial charge in [-0.15, -0.1) is 0 Å². The van der Waals surface area contributed by atoms with Crippen LogP contribution in [0.25, 0.3) is 0 Å². The van der Waals surface area contributed by atoms with Gasteiger partial charge in [-0.2, -0.15) is 13.0 Å². The van der Waals surface area contributed by atoms with Crippen LogP contribution in [0.5, 0.6) is 0 Å². The van der Waals surface area contributed by atoms with Crippen molar-refractivity contribution in [2.45, 2.75) is 43.9 Å². The van der Waals surface area contributed by atoms with Gasteiger partial charge in [0.15, 0.2) is 5.71 Å². The Labute approximate surface area is 170 Å². The Balaban J connectivity index is 0.00000312. The zero-order valence-corrected chi connectivity index (χ0v) is 18.4. The summed E-state index contributed by atoms with van der Waals surface area (Å²) in [5, 5.41) is 0. The second-order valence-electron chi connectivity index (χ2n) is 6.18. The average molecular weight is 398 g/mol. The largest absolute Gasteiger partial charge is 0.744 e. The minimum Gasteiger partial charge on any atom is -0.744 e. The fourth-order valence-corrected chi connectivity index (χ4v) is 4.36. The van der Waals surface area contributed by atoms with Gasteiger partial charge < -0.3 is 4.55 Å². The molecule has 25 heavy (non-hydrogen) atoms. The minimum absolute atomic E-state index is 0. The molecule has 1 unspecified atom stereocenters. The summed E-state index contributed by atoms with van der Waals surface area (Å²) in [6, 6.07) is 4.28. The van der Waals surface area contributed by atoms with Crippen molar-refractivity contribution in [3.05, 3.63) is 23.8 Å². The summed E-state index contributed by atoms with van der Waals surface area (Å²) in [5.41, 5.74) is 1.86. The topological polar surface area (TPSA) is 115 Å². The summed E-state index contributed by atoms with van der Waals surface area (Å²) in [4.78, 5) is -0.298. The fourth-order valence-electron chi connectivity index (χ4n) is 3.35. The molecular weight excluding hydrogens is 377 g/mol. The van der Waals surface area contributed by atoms with E-state index in [1.807, 2.05) is 25.3 Å². The van der Waals surface area contributed by atoms with E-state index in [-0.39, 0.29) is 46.6 Å². The molecule has 0 saturated carbocycles. The van der Waals surface area contributed by atoms with Gasteiger partial charge in [0.1, 0.15) is 16.7 Å². The molecule has 1 atom stereocenters. The van der Waals surface area contributed by atoms with Gasteiger partial charge in [-0.1, -0.05) is 0 Å².